The number of ether oxygens (including phenoxy) is 1. The smallest absolute Gasteiger partial charge is 0.191 e. The number of pyridine rings is 1. The molecule has 0 spiro atoms. The van der Waals surface area contributed by atoms with Gasteiger partial charge in [-0.3, -0.25) is 4.90 Å². The van der Waals surface area contributed by atoms with E-state index >= 15 is 0 Å². The quantitative estimate of drug-likeness (QED) is 0.552. The zero-order valence-electron chi connectivity index (χ0n) is 17.1. The predicted octanol–water partition coefficient (Wildman–Crippen LogP) is 1.27. The van der Waals surface area contributed by atoms with Crippen LogP contribution in [0.3, 0.4) is 0 Å². The average Bonchev–Trinajstić information content (AvgIpc) is 3.05. The molecule has 1 aliphatic heterocycles. The maximum atomic E-state index is 5.39. The van der Waals surface area contributed by atoms with Gasteiger partial charge in [-0.15, -0.1) is 0 Å². The summed E-state index contributed by atoms with van der Waals surface area (Å²) in [6.07, 6.45) is 1.87. The molecule has 28 heavy (non-hydrogen) atoms. The number of nitrogens with one attached hydrogen (secondary N) is 2. The SMILES string of the molecule is CCNC(=NCc1ccc(-n2nc(C)cc2C)nc1)NCCN1CCOCC1. The van der Waals surface area contributed by atoms with Crippen LogP contribution in [-0.2, 0) is 11.3 Å². The van der Waals surface area contributed by atoms with Crippen LogP contribution in [-0.4, -0.2) is 71.6 Å². The third kappa shape index (κ3) is 5.77. The van der Waals surface area contributed by atoms with E-state index in [2.05, 4.69) is 43.6 Å². The Kier molecular flexibility index (Phi) is 7.39. The molecule has 0 saturated carbocycles. The van der Waals surface area contributed by atoms with E-state index in [0.717, 1.165) is 74.7 Å². The summed E-state index contributed by atoms with van der Waals surface area (Å²) in [5.74, 6) is 1.66. The maximum Gasteiger partial charge on any atom is 0.191 e. The molecule has 1 aliphatic rings. The number of nitrogens with zero attached hydrogens (tertiary/aromatic N) is 5. The van der Waals surface area contributed by atoms with Crippen LogP contribution in [0.15, 0.2) is 29.4 Å². The summed E-state index contributed by atoms with van der Waals surface area (Å²) < 4.78 is 7.25. The van der Waals surface area contributed by atoms with Crippen molar-refractivity contribution in [3.8, 4) is 5.82 Å². The molecule has 0 bridgehead atoms. The summed E-state index contributed by atoms with van der Waals surface area (Å²) in [6.45, 7) is 13.0. The van der Waals surface area contributed by atoms with Crippen LogP contribution < -0.4 is 10.6 Å². The molecule has 2 aromatic heterocycles. The van der Waals surface area contributed by atoms with Crippen molar-refractivity contribution in [3.63, 3.8) is 0 Å². The molecule has 2 aromatic rings. The molecule has 1 fully saturated rings. The Labute approximate surface area is 167 Å². The van der Waals surface area contributed by atoms with E-state index in [4.69, 9.17) is 4.74 Å². The van der Waals surface area contributed by atoms with Crippen molar-refractivity contribution in [2.24, 2.45) is 4.99 Å². The van der Waals surface area contributed by atoms with Crippen molar-refractivity contribution >= 4 is 5.96 Å². The third-order valence-electron chi connectivity index (χ3n) is 4.62. The van der Waals surface area contributed by atoms with Gasteiger partial charge in [-0.2, -0.15) is 5.10 Å². The summed E-state index contributed by atoms with van der Waals surface area (Å²) in [5.41, 5.74) is 3.14. The van der Waals surface area contributed by atoms with E-state index in [1.807, 2.05) is 36.9 Å². The average molecular weight is 386 g/mol. The lowest BCUT2D eigenvalue weighted by atomic mass is 10.3. The Balaban J connectivity index is 1.53. The first-order chi connectivity index (χ1) is 13.7. The molecule has 8 nitrogen and oxygen atoms in total. The molecule has 0 aliphatic carbocycles. The maximum absolute atomic E-state index is 5.39. The predicted molar refractivity (Wildman–Crippen MR) is 111 cm³/mol. The minimum Gasteiger partial charge on any atom is -0.379 e. The van der Waals surface area contributed by atoms with Crippen molar-refractivity contribution in [1.82, 2.24) is 30.3 Å². The summed E-state index contributed by atoms with van der Waals surface area (Å²) in [6, 6.07) is 6.09. The highest BCUT2D eigenvalue weighted by molar-refractivity contribution is 5.79. The second-order valence-corrected chi connectivity index (χ2v) is 6.94. The monoisotopic (exact) mass is 385 g/mol. The molecule has 0 aromatic carbocycles. The van der Waals surface area contributed by atoms with E-state index in [-0.39, 0.29) is 0 Å². The molecule has 152 valence electrons. The summed E-state index contributed by atoms with van der Waals surface area (Å²) in [4.78, 5) is 11.6. The van der Waals surface area contributed by atoms with Gasteiger partial charge >= 0.3 is 0 Å². The second-order valence-electron chi connectivity index (χ2n) is 6.94. The summed E-state index contributed by atoms with van der Waals surface area (Å²) in [7, 11) is 0. The highest BCUT2D eigenvalue weighted by atomic mass is 16.5. The molecule has 0 radical (unpaired) electrons. The summed E-state index contributed by atoms with van der Waals surface area (Å²) in [5, 5.41) is 11.2. The fourth-order valence-corrected chi connectivity index (χ4v) is 3.17. The molecule has 0 amide bonds. The Morgan fingerprint density at radius 3 is 2.68 bits per heavy atom. The lowest BCUT2D eigenvalue weighted by Crippen LogP contribution is -2.44. The normalized spacial score (nSPS) is 15.6. The van der Waals surface area contributed by atoms with Crippen molar-refractivity contribution in [2.45, 2.75) is 27.3 Å². The van der Waals surface area contributed by atoms with Crippen LogP contribution in [0.1, 0.15) is 23.9 Å². The van der Waals surface area contributed by atoms with E-state index in [0.29, 0.717) is 6.54 Å². The Bertz CT molecular complexity index is 763. The molecular formula is C20H31N7O. The van der Waals surface area contributed by atoms with Gasteiger partial charge in [-0.25, -0.2) is 14.7 Å². The highest BCUT2D eigenvalue weighted by Gasteiger charge is 2.09. The second kappa shape index (κ2) is 10.2. The molecular weight excluding hydrogens is 354 g/mol. The molecule has 3 heterocycles. The van der Waals surface area contributed by atoms with Crippen molar-refractivity contribution in [3.05, 3.63) is 41.3 Å². The van der Waals surface area contributed by atoms with Gasteiger partial charge in [0.1, 0.15) is 0 Å². The van der Waals surface area contributed by atoms with Gasteiger partial charge in [-0.1, -0.05) is 6.07 Å². The van der Waals surface area contributed by atoms with E-state index in [1.165, 1.54) is 0 Å². The van der Waals surface area contributed by atoms with Crippen molar-refractivity contribution in [2.75, 3.05) is 45.9 Å². The minimum absolute atomic E-state index is 0.581. The number of morpholine rings is 1. The molecule has 0 atom stereocenters. The van der Waals surface area contributed by atoms with Gasteiger partial charge in [0.25, 0.3) is 0 Å². The fraction of sp³-hybridized carbons (Fsp3) is 0.550. The van der Waals surface area contributed by atoms with Gasteiger partial charge in [0.15, 0.2) is 11.8 Å². The third-order valence-corrected chi connectivity index (χ3v) is 4.62. The van der Waals surface area contributed by atoms with Gasteiger partial charge in [0.2, 0.25) is 0 Å². The van der Waals surface area contributed by atoms with Crippen LogP contribution >= 0.6 is 0 Å². The Morgan fingerprint density at radius 1 is 1.21 bits per heavy atom. The number of hydrogen-bond acceptors (Lipinski definition) is 5. The molecule has 1 saturated heterocycles. The number of aliphatic imine (C=N–C) groups is 1. The standard InChI is InChI=1S/C20H31N7O/c1-4-21-20(22-7-8-26-9-11-28-12-10-26)24-15-18-5-6-19(23-14-18)27-17(3)13-16(2)25-27/h5-6,13-14H,4,7-12,15H2,1-3H3,(H2,21,22,24). The molecule has 3 rings (SSSR count). The Hall–Kier alpha value is -2.45. The first kappa shape index (κ1) is 20.3. The van der Waals surface area contributed by atoms with Crippen LogP contribution in [0.4, 0.5) is 0 Å². The molecule has 0 unspecified atom stereocenters. The van der Waals surface area contributed by atoms with Crippen molar-refractivity contribution in [1.29, 1.82) is 0 Å². The molecule has 8 heteroatoms. The lowest BCUT2D eigenvalue weighted by molar-refractivity contribution is 0.0389. The van der Waals surface area contributed by atoms with Crippen LogP contribution in [0.25, 0.3) is 5.82 Å². The van der Waals surface area contributed by atoms with Crippen LogP contribution in [0.5, 0.6) is 0 Å². The van der Waals surface area contributed by atoms with Gasteiger partial charge in [0.05, 0.1) is 25.5 Å². The van der Waals surface area contributed by atoms with Crippen LogP contribution in [0, 0.1) is 13.8 Å². The van der Waals surface area contributed by atoms with Crippen molar-refractivity contribution < 1.29 is 4.74 Å². The fourth-order valence-electron chi connectivity index (χ4n) is 3.17. The van der Waals surface area contributed by atoms with E-state index < -0.39 is 0 Å². The van der Waals surface area contributed by atoms with Gasteiger partial charge in [-0.05, 0) is 38.5 Å². The first-order valence-electron chi connectivity index (χ1n) is 9.96. The number of aromatic nitrogens is 3. The number of rotatable bonds is 7. The number of hydrogen-bond donors (Lipinski definition) is 2. The first-order valence-corrected chi connectivity index (χ1v) is 9.96. The van der Waals surface area contributed by atoms with Gasteiger partial charge in [0, 0.05) is 44.6 Å². The zero-order valence-corrected chi connectivity index (χ0v) is 17.1. The Morgan fingerprint density at radius 2 is 2.04 bits per heavy atom. The topological polar surface area (TPSA) is 79.6 Å². The van der Waals surface area contributed by atoms with E-state index in [9.17, 15) is 0 Å². The minimum atomic E-state index is 0.581. The summed E-state index contributed by atoms with van der Waals surface area (Å²) >= 11 is 0. The number of guanidine groups is 1. The lowest BCUT2D eigenvalue weighted by Gasteiger charge is -2.26. The van der Waals surface area contributed by atoms with E-state index in [1.54, 1.807) is 0 Å². The highest BCUT2D eigenvalue weighted by Crippen LogP contribution is 2.10. The largest absolute Gasteiger partial charge is 0.379 e. The van der Waals surface area contributed by atoms with Gasteiger partial charge < -0.3 is 15.4 Å². The number of aryl methyl sites for hydroxylation is 2. The zero-order chi connectivity index (χ0) is 19.8. The van der Waals surface area contributed by atoms with Crippen LogP contribution in [0.2, 0.25) is 0 Å². The molecule has 2 N–H and O–H groups in total.